The highest BCUT2D eigenvalue weighted by Gasteiger charge is 2.25. The van der Waals surface area contributed by atoms with Crippen molar-refractivity contribution in [1.82, 2.24) is 10.6 Å². The van der Waals surface area contributed by atoms with Crippen LogP contribution in [0.2, 0.25) is 0 Å². The number of hydrogen-bond acceptors (Lipinski definition) is 4. The molecule has 0 aliphatic heterocycles. The van der Waals surface area contributed by atoms with Crippen molar-refractivity contribution in [3.8, 4) is 0 Å². The summed E-state index contributed by atoms with van der Waals surface area (Å²) in [6, 6.07) is 15.6. The van der Waals surface area contributed by atoms with E-state index in [1.807, 2.05) is 40.0 Å². The molecule has 1 unspecified atom stereocenters. The quantitative estimate of drug-likeness (QED) is 0.327. The van der Waals surface area contributed by atoms with E-state index >= 15 is 0 Å². The summed E-state index contributed by atoms with van der Waals surface area (Å²) in [5.41, 5.74) is 5.38. The van der Waals surface area contributed by atoms with Gasteiger partial charge in [0.05, 0.1) is 7.11 Å². The van der Waals surface area contributed by atoms with Gasteiger partial charge in [0.25, 0.3) is 5.91 Å². The zero-order valence-corrected chi connectivity index (χ0v) is 18.4. The molecule has 0 heterocycles. The van der Waals surface area contributed by atoms with Gasteiger partial charge in [-0.1, -0.05) is 51.1 Å². The predicted octanol–water partition coefficient (Wildman–Crippen LogP) is 3.31. The Kier molecular flexibility index (Phi) is 9.92. The van der Waals surface area contributed by atoms with Crippen molar-refractivity contribution >= 4 is 17.3 Å². The summed E-state index contributed by atoms with van der Waals surface area (Å²) in [6.07, 6.45) is 1.40. The number of carbonyl (C=O) groups is 1. The summed E-state index contributed by atoms with van der Waals surface area (Å²) in [7, 11) is 3.50. The topological polar surface area (TPSA) is 79.0 Å². The van der Waals surface area contributed by atoms with Crippen LogP contribution in [0.3, 0.4) is 0 Å². The first kappa shape index (κ1) is 24.2. The van der Waals surface area contributed by atoms with Crippen molar-refractivity contribution in [1.29, 1.82) is 0 Å². The van der Waals surface area contributed by atoms with Crippen molar-refractivity contribution in [2.75, 3.05) is 19.5 Å². The molecular weight excluding hydrogens is 364 g/mol. The van der Waals surface area contributed by atoms with E-state index in [4.69, 9.17) is 4.84 Å². The third-order valence-electron chi connectivity index (χ3n) is 4.17. The molecule has 0 aliphatic carbocycles. The molecule has 5 N–H and O–H groups in total. The molecule has 29 heavy (non-hydrogen) atoms. The van der Waals surface area contributed by atoms with E-state index in [-0.39, 0.29) is 17.5 Å². The van der Waals surface area contributed by atoms with E-state index < -0.39 is 0 Å². The summed E-state index contributed by atoms with van der Waals surface area (Å²) in [5, 5.41) is 9.08. The average Bonchev–Trinajstić information content (AvgIpc) is 2.68. The second kappa shape index (κ2) is 11.9. The molecule has 2 aromatic rings. The van der Waals surface area contributed by atoms with Crippen LogP contribution in [0.1, 0.15) is 36.7 Å². The smallest absolute Gasteiger partial charge is 0.253 e. The average molecular weight is 400 g/mol. The molecule has 1 atom stereocenters. The molecule has 1 amide bonds. The molecule has 158 valence electrons. The maximum Gasteiger partial charge on any atom is 0.253 e. The van der Waals surface area contributed by atoms with Crippen LogP contribution in [0.15, 0.2) is 61.3 Å². The number of anilines is 1. The Morgan fingerprint density at radius 2 is 1.83 bits per heavy atom. The summed E-state index contributed by atoms with van der Waals surface area (Å²) in [5.74, 6) is -0.134. The Labute approximate surface area is 174 Å². The van der Waals surface area contributed by atoms with Gasteiger partial charge in [-0.15, -0.1) is 0 Å². The number of amides is 1. The number of aryl methyl sites for hydroxylation is 1. The first-order valence-corrected chi connectivity index (χ1v) is 9.59. The molecule has 0 saturated heterocycles. The molecule has 0 aromatic heterocycles. The van der Waals surface area contributed by atoms with Gasteiger partial charge in [0.15, 0.2) is 5.69 Å². The zero-order valence-electron chi connectivity index (χ0n) is 18.4. The van der Waals surface area contributed by atoms with Crippen LogP contribution in [0.4, 0.5) is 11.4 Å². The molecule has 6 heteroatoms. The maximum atomic E-state index is 12.3. The highest BCUT2D eigenvalue weighted by Crippen LogP contribution is 2.18. The Morgan fingerprint density at radius 1 is 1.17 bits per heavy atom. The highest BCUT2D eigenvalue weighted by molar-refractivity contribution is 5.95. The zero-order chi connectivity index (χ0) is 21.9. The van der Waals surface area contributed by atoms with E-state index in [9.17, 15) is 4.79 Å². The van der Waals surface area contributed by atoms with Gasteiger partial charge in [0.1, 0.15) is 6.17 Å². The fourth-order valence-electron chi connectivity index (χ4n) is 2.45. The van der Waals surface area contributed by atoms with Crippen molar-refractivity contribution in [2.45, 2.75) is 33.9 Å². The van der Waals surface area contributed by atoms with Crippen LogP contribution < -0.4 is 21.4 Å². The summed E-state index contributed by atoms with van der Waals surface area (Å²) in [4.78, 5) is 17.2. The first-order valence-electron chi connectivity index (χ1n) is 9.59. The summed E-state index contributed by atoms with van der Waals surface area (Å²) in [6.45, 7) is 11.9. The second-order valence-corrected chi connectivity index (χ2v) is 7.74. The van der Waals surface area contributed by atoms with Gasteiger partial charge in [0.2, 0.25) is 0 Å². The lowest BCUT2D eigenvalue weighted by atomic mass is 9.92. The minimum Gasteiger partial charge on any atom is -0.388 e. The fraction of sp³-hybridized carbons (Fsp3) is 0.348. The van der Waals surface area contributed by atoms with Crippen LogP contribution >= 0.6 is 0 Å². The summed E-state index contributed by atoms with van der Waals surface area (Å²) < 4.78 is 0. The Hall–Kier alpha value is -2.83. The number of quaternary nitrogens is 1. The third kappa shape index (κ3) is 8.81. The molecule has 0 radical (unpaired) electrons. The van der Waals surface area contributed by atoms with Crippen LogP contribution in [-0.2, 0) is 4.84 Å². The first-order chi connectivity index (χ1) is 13.7. The molecule has 0 saturated carbocycles. The Morgan fingerprint density at radius 3 is 2.34 bits per heavy atom. The standard InChI is InChI=1S/C15H23N3O2.C8H11N/c1-6-16-14(15(2,3)4)17-13(19)11-8-7-9-12(10-11)18-20-5;1-7-3-5-8(9-2)6-4-7/h6-10,14,16,18H,1H2,2-5H3,(H,17,19);3-6,9H,1-2H3/p+1. The highest BCUT2D eigenvalue weighted by atomic mass is 16.6. The van der Waals surface area contributed by atoms with E-state index in [1.54, 1.807) is 30.9 Å². The van der Waals surface area contributed by atoms with Gasteiger partial charge < -0.3 is 16.0 Å². The number of hydrogen-bond donors (Lipinski definition) is 4. The third-order valence-corrected chi connectivity index (χ3v) is 4.17. The Bertz CT molecular complexity index is 767. The Balaban J connectivity index is 0.000000387. The second-order valence-electron chi connectivity index (χ2n) is 7.74. The molecular formula is C23H35N4O2+. The normalized spacial score (nSPS) is 11.5. The minimum atomic E-state index is -0.192. The van der Waals surface area contributed by atoms with Crippen LogP contribution in [-0.4, -0.2) is 26.2 Å². The lowest BCUT2D eigenvalue weighted by Gasteiger charge is -2.31. The van der Waals surface area contributed by atoms with Crippen molar-refractivity contribution in [3.05, 3.63) is 72.4 Å². The minimum absolute atomic E-state index is 0.125. The van der Waals surface area contributed by atoms with Crippen molar-refractivity contribution in [3.63, 3.8) is 0 Å². The lowest BCUT2D eigenvalue weighted by molar-refractivity contribution is -0.830. The van der Waals surface area contributed by atoms with Gasteiger partial charge in [-0.05, 0) is 31.3 Å². The van der Waals surface area contributed by atoms with E-state index in [2.05, 4.69) is 53.7 Å². The molecule has 2 aromatic carbocycles. The van der Waals surface area contributed by atoms with E-state index in [0.717, 1.165) is 5.69 Å². The number of carbonyl (C=O) groups excluding carboxylic acids is 1. The van der Waals surface area contributed by atoms with Crippen LogP contribution in [0, 0.1) is 12.3 Å². The van der Waals surface area contributed by atoms with Gasteiger partial charge in [-0.2, -0.15) is 5.48 Å². The molecule has 2 rings (SSSR count). The molecule has 6 nitrogen and oxygen atoms in total. The molecule has 0 fully saturated rings. The molecule has 0 bridgehead atoms. The number of nitrogens with two attached hydrogens (primary N) is 1. The van der Waals surface area contributed by atoms with Crippen molar-refractivity contribution in [2.24, 2.45) is 5.41 Å². The number of nitrogens with one attached hydrogen (secondary N) is 3. The SMILES string of the molecule is C=CNC(NC(=O)c1cccc([NH2+]OC)c1)C(C)(C)C.CNc1ccc(C)cc1. The van der Waals surface area contributed by atoms with Crippen LogP contribution in [0.25, 0.3) is 0 Å². The van der Waals surface area contributed by atoms with Gasteiger partial charge in [0, 0.05) is 35.8 Å². The largest absolute Gasteiger partial charge is 0.388 e. The van der Waals surface area contributed by atoms with Crippen LogP contribution in [0.5, 0.6) is 0 Å². The fourth-order valence-corrected chi connectivity index (χ4v) is 2.45. The maximum absolute atomic E-state index is 12.3. The van der Waals surface area contributed by atoms with Gasteiger partial charge in [-0.25, -0.2) is 4.84 Å². The van der Waals surface area contributed by atoms with Crippen molar-refractivity contribution < 1.29 is 15.1 Å². The van der Waals surface area contributed by atoms with Gasteiger partial charge in [-0.3, -0.25) is 4.79 Å². The predicted molar refractivity (Wildman–Crippen MR) is 120 cm³/mol. The number of benzene rings is 2. The lowest BCUT2D eigenvalue weighted by Crippen LogP contribution is -2.75. The molecule has 0 spiro atoms. The van der Waals surface area contributed by atoms with E-state index in [1.165, 1.54) is 11.3 Å². The monoisotopic (exact) mass is 399 g/mol. The van der Waals surface area contributed by atoms with E-state index in [0.29, 0.717) is 5.56 Å². The molecule has 0 aliphatic rings. The number of rotatable bonds is 7. The summed E-state index contributed by atoms with van der Waals surface area (Å²) >= 11 is 0. The van der Waals surface area contributed by atoms with Gasteiger partial charge >= 0.3 is 0 Å².